The van der Waals surface area contributed by atoms with Gasteiger partial charge in [-0.15, -0.1) is 10.2 Å². The summed E-state index contributed by atoms with van der Waals surface area (Å²) in [6, 6.07) is 17.4. The molecule has 1 aromatic heterocycles. The fourth-order valence-corrected chi connectivity index (χ4v) is 4.69. The third-order valence-corrected chi connectivity index (χ3v) is 6.48. The number of hydrogen-bond acceptors (Lipinski definition) is 6. The van der Waals surface area contributed by atoms with E-state index >= 15 is 0 Å². The summed E-state index contributed by atoms with van der Waals surface area (Å²) in [5.41, 5.74) is 4.89. The largest absolute Gasteiger partial charge is 0.379 e. The molecule has 7 nitrogen and oxygen atoms in total. The molecule has 1 saturated heterocycles. The van der Waals surface area contributed by atoms with E-state index in [1.165, 1.54) is 22.3 Å². The number of H-pyrrole nitrogens is 1. The first-order valence-electron chi connectivity index (χ1n) is 11.9. The Morgan fingerprint density at radius 2 is 1.88 bits per heavy atom. The third kappa shape index (κ3) is 6.12. The lowest BCUT2D eigenvalue weighted by Crippen LogP contribution is -2.35. The van der Waals surface area contributed by atoms with Gasteiger partial charge in [-0.3, -0.25) is 9.69 Å². The van der Waals surface area contributed by atoms with Crippen molar-refractivity contribution in [1.29, 1.82) is 0 Å². The number of ether oxygens (including phenoxy) is 1. The van der Waals surface area contributed by atoms with Crippen LogP contribution in [0.15, 0.2) is 48.5 Å². The minimum atomic E-state index is -0.107. The molecule has 0 bridgehead atoms. The summed E-state index contributed by atoms with van der Waals surface area (Å²) >= 11 is 0. The van der Waals surface area contributed by atoms with Crippen molar-refractivity contribution in [2.24, 2.45) is 5.92 Å². The Kier molecular flexibility index (Phi) is 7.96. The fraction of sp³-hybridized carbons (Fsp3) is 0.462. The number of tetrazole rings is 1. The number of aromatic amines is 1. The lowest BCUT2D eigenvalue weighted by atomic mass is 9.81. The van der Waals surface area contributed by atoms with E-state index in [1.807, 2.05) is 0 Å². The standard InChI is InChI=1S/C26H33N5O2/c1-3-5-24(19(2)32)25(26-27-29-30-28-26)17-20-8-10-22(11-9-20)23-7-4-6-21(16-23)18-31-12-14-33-15-13-31/h4,6-11,16,24-25H,3,5,12-15,17-18H2,1-2H3,(H,27,28,29,30)/t24-,25+/m1/s1. The summed E-state index contributed by atoms with van der Waals surface area (Å²) in [6.45, 7) is 8.32. The van der Waals surface area contributed by atoms with Gasteiger partial charge in [-0.05, 0) is 48.1 Å². The van der Waals surface area contributed by atoms with Gasteiger partial charge in [0, 0.05) is 31.5 Å². The van der Waals surface area contributed by atoms with E-state index in [2.05, 4.69) is 81.0 Å². The summed E-state index contributed by atoms with van der Waals surface area (Å²) in [7, 11) is 0. The SMILES string of the molecule is CCC[C@H](C(C)=O)[C@H](Cc1ccc(-c2cccc(CN3CCOCC3)c2)cc1)c1nn[nH]n1. The molecule has 1 N–H and O–H groups in total. The number of aromatic nitrogens is 4. The number of hydrogen-bond donors (Lipinski definition) is 1. The molecule has 2 aromatic carbocycles. The van der Waals surface area contributed by atoms with Crippen LogP contribution in [0.25, 0.3) is 11.1 Å². The highest BCUT2D eigenvalue weighted by molar-refractivity contribution is 5.79. The predicted octanol–water partition coefficient (Wildman–Crippen LogP) is 4.03. The van der Waals surface area contributed by atoms with Crippen molar-refractivity contribution in [2.45, 2.75) is 45.6 Å². The molecule has 2 atom stereocenters. The zero-order valence-corrected chi connectivity index (χ0v) is 19.5. The van der Waals surface area contributed by atoms with Crippen LogP contribution in [0, 0.1) is 5.92 Å². The maximum atomic E-state index is 12.4. The molecule has 1 aliphatic rings. The first-order valence-corrected chi connectivity index (χ1v) is 11.9. The lowest BCUT2D eigenvalue weighted by molar-refractivity contribution is -0.121. The minimum Gasteiger partial charge on any atom is -0.379 e. The van der Waals surface area contributed by atoms with Gasteiger partial charge in [0.05, 0.1) is 13.2 Å². The van der Waals surface area contributed by atoms with E-state index in [4.69, 9.17) is 4.74 Å². The third-order valence-electron chi connectivity index (χ3n) is 6.48. The van der Waals surface area contributed by atoms with E-state index in [0.717, 1.165) is 45.7 Å². The summed E-state index contributed by atoms with van der Waals surface area (Å²) < 4.78 is 5.46. The van der Waals surface area contributed by atoms with Gasteiger partial charge in [-0.2, -0.15) is 5.21 Å². The molecule has 0 saturated carbocycles. The molecular weight excluding hydrogens is 414 g/mol. The van der Waals surface area contributed by atoms with Crippen LogP contribution in [0.1, 0.15) is 49.6 Å². The van der Waals surface area contributed by atoms with Gasteiger partial charge in [-0.1, -0.05) is 61.0 Å². The Morgan fingerprint density at radius 1 is 1.09 bits per heavy atom. The van der Waals surface area contributed by atoms with Crippen LogP contribution in [0.4, 0.5) is 0 Å². The second-order valence-corrected chi connectivity index (χ2v) is 8.87. The number of Topliss-reactive ketones (excluding diaryl/α,β-unsaturated/α-hetero) is 1. The van der Waals surface area contributed by atoms with Crippen molar-refractivity contribution < 1.29 is 9.53 Å². The highest BCUT2D eigenvalue weighted by Gasteiger charge is 2.29. The van der Waals surface area contributed by atoms with E-state index in [-0.39, 0.29) is 17.6 Å². The summed E-state index contributed by atoms with van der Waals surface area (Å²) in [4.78, 5) is 14.8. The molecule has 174 valence electrons. The Bertz CT molecular complexity index is 1010. The van der Waals surface area contributed by atoms with E-state index in [0.29, 0.717) is 12.2 Å². The molecule has 4 rings (SSSR count). The molecule has 2 heterocycles. The Morgan fingerprint density at radius 3 is 2.55 bits per heavy atom. The van der Waals surface area contributed by atoms with Crippen LogP contribution in [-0.2, 0) is 22.5 Å². The molecule has 1 aliphatic heterocycles. The number of carbonyl (C=O) groups is 1. The van der Waals surface area contributed by atoms with E-state index in [1.54, 1.807) is 6.92 Å². The van der Waals surface area contributed by atoms with Crippen molar-refractivity contribution in [3.05, 3.63) is 65.5 Å². The number of benzene rings is 2. The topological polar surface area (TPSA) is 84.0 Å². The van der Waals surface area contributed by atoms with Crippen LogP contribution in [0.5, 0.6) is 0 Å². The van der Waals surface area contributed by atoms with Gasteiger partial charge >= 0.3 is 0 Å². The first-order chi connectivity index (χ1) is 16.1. The van der Waals surface area contributed by atoms with Crippen LogP contribution in [-0.4, -0.2) is 57.6 Å². The Balaban J connectivity index is 1.49. The number of carbonyl (C=O) groups excluding carboxylic acids is 1. The Hall–Kier alpha value is -2.90. The molecule has 0 radical (unpaired) electrons. The summed E-state index contributed by atoms with van der Waals surface area (Å²) in [6.07, 6.45) is 2.47. The molecule has 3 aromatic rings. The van der Waals surface area contributed by atoms with Crippen molar-refractivity contribution in [3.63, 3.8) is 0 Å². The van der Waals surface area contributed by atoms with Crippen LogP contribution in [0.3, 0.4) is 0 Å². The fourth-order valence-electron chi connectivity index (χ4n) is 4.69. The molecule has 1 fully saturated rings. The molecule has 33 heavy (non-hydrogen) atoms. The van der Waals surface area contributed by atoms with Crippen LogP contribution in [0.2, 0.25) is 0 Å². The van der Waals surface area contributed by atoms with Crippen molar-refractivity contribution in [2.75, 3.05) is 26.3 Å². The van der Waals surface area contributed by atoms with Crippen LogP contribution >= 0.6 is 0 Å². The summed E-state index contributed by atoms with van der Waals surface area (Å²) in [5, 5.41) is 14.7. The summed E-state index contributed by atoms with van der Waals surface area (Å²) in [5.74, 6) is 0.608. The maximum absolute atomic E-state index is 12.4. The number of nitrogens with zero attached hydrogens (tertiary/aromatic N) is 4. The van der Waals surface area contributed by atoms with Gasteiger partial charge in [-0.25, -0.2) is 0 Å². The number of morpholine rings is 1. The molecule has 0 unspecified atom stereocenters. The molecule has 0 aliphatic carbocycles. The Labute approximate surface area is 195 Å². The molecule has 0 amide bonds. The second kappa shape index (κ2) is 11.3. The lowest BCUT2D eigenvalue weighted by Gasteiger charge is -2.26. The van der Waals surface area contributed by atoms with Gasteiger partial charge in [0.1, 0.15) is 5.78 Å². The van der Waals surface area contributed by atoms with Gasteiger partial charge < -0.3 is 4.74 Å². The molecule has 7 heteroatoms. The van der Waals surface area contributed by atoms with Gasteiger partial charge in [0.25, 0.3) is 0 Å². The van der Waals surface area contributed by atoms with Gasteiger partial charge in [0.2, 0.25) is 0 Å². The second-order valence-electron chi connectivity index (χ2n) is 8.87. The van der Waals surface area contributed by atoms with Crippen molar-refractivity contribution >= 4 is 5.78 Å². The zero-order valence-electron chi connectivity index (χ0n) is 19.5. The van der Waals surface area contributed by atoms with E-state index < -0.39 is 0 Å². The minimum absolute atomic E-state index is 0.0797. The highest BCUT2D eigenvalue weighted by atomic mass is 16.5. The normalized spacial score (nSPS) is 16.4. The molecule has 0 spiro atoms. The van der Waals surface area contributed by atoms with Crippen molar-refractivity contribution in [3.8, 4) is 11.1 Å². The van der Waals surface area contributed by atoms with Crippen LogP contribution < -0.4 is 0 Å². The highest BCUT2D eigenvalue weighted by Crippen LogP contribution is 2.31. The average Bonchev–Trinajstić information content (AvgIpc) is 3.37. The monoisotopic (exact) mass is 447 g/mol. The maximum Gasteiger partial charge on any atom is 0.178 e. The molecular formula is C26H33N5O2. The number of rotatable bonds is 10. The van der Waals surface area contributed by atoms with Crippen molar-refractivity contribution in [1.82, 2.24) is 25.5 Å². The van der Waals surface area contributed by atoms with E-state index in [9.17, 15) is 4.79 Å². The smallest absolute Gasteiger partial charge is 0.178 e. The number of ketones is 1. The predicted molar refractivity (Wildman–Crippen MR) is 128 cm³/mol. The quantitative estimate of drug-likeness (QED) is 0.505. The van der Waals surface area contributed by atoms with Gasteiger partial charge in [0.15, 0.2) is 5.82 Å². The zero-order chi connectivity index (χ0) is 23.0. The average molecular weight is 448 g/mol. The first kappa shape index (κ1) is 23.3. The number of nitrogens with one attached hydrogen (secondary N) is 1.